The Morgan fingerprint density at radius 3 is 2.64 bits per heavy atom. The Morgan fingerprint density at radius 1 is 1.32 bits per heavy atom. The number of benzene rings is 1. The number of halogens is 1. The average molecular weight is 429 g/mol. The van der Waals surface area contributed by atoms with Crippen molar-refractivity contribution >= 4 is 31.5 Å². The Hall–Kier alpha value is -0.920. The summed E-state index contributed by atoms with van der Waals surface area (Å²) in [4.78, 5) is 0. The van der Waals surface area contributed by atoms with Gasteiger partial charge in [-0.3, -0.25) is 5.01 Å². The maximum atomic E-state index is 11.9. The molecule has 2 atom stereocenters. The van der Waals surface area contributed by atoms with Crippen molar-refractivity contribution in [1.82, 2.24) is 5.01 Å². The Balaban J connectivity index is 1.99. The van der Waals surface area contributed by atoms with E-state index in [1.54, 1.807) is 0 Å². The fourth-order valence-corrected chi connectivity index (χ4v) is 5.43. The van der Waals surface area contributed by atoms with Crippen molar-refractivity contribution in [3.63, 3.8) is 0 Å². The van der Waals surface area contributed by atoms with E-state index in [2.05, 4.69) is 39.2 Å². The van der Waals surface area contributed by atoms with E-state index in [0.29, 0.717) is 5.92 Å². The minimum Gasteiger partial charge on any atom is -0.381 e. The van der Waals surface area contributed by atoms with Crippen LogP contribution >= 0.6 is 15.9 Å². The topological polar surface area (TPSA) is 59.0 Å². The third-order valence-electron chi connectivity index (χ3n) is 5.07. The Labute approximate surface area is 158 Å². The van der Waals surface area contributed by atoms with Crippen LogP contribution < -0.4 is 0 Å². The molecule has 0 aromatic heterocycles. The van der Waals surface area contributed by atoms with Gasteiger partial charge in [-0.25, -0.2) is 8.42 Å². The van der Waals surface area contributed by atoms with Crippen molar-refractivity contribution in [2.45, 2.75) is 18.8 Å². The third-order valence-corrected chi connectivity index (χ3v) is 6.61. The van der Waals surface area contributed by atoms with Gasteiger partial charge in [0.15, 0.2) is 9.84 Å². The van der Waals surface area contributed by atoms with Gasteiger partial charge in [-0.2, -0.15) is 5.10 Å². The van der Waals surface area contributed by atoms with Crippen LogP contribution in [0.1, 0.15) is 24.3 Å². The number of hydrogen-bond acceptors (Lipinski definition) is 5. The van der Waals surface area contributed by atoms with E-state index in [9.17, 15) is 8.42 Å². The number of sulfone groups is 1. The molecule has 1 fully saturated rings. The molecule has 0 saturated carbocycles. The van der Waals surface area contributed by atoms with Crippen LogP contribution in [-0.2, 0) is 14.6 Å². The van der Waals surface area contributed by atoms with Gasteiger partial charge in [0.2, 0.25) is 0 Å². The molecule has 2 unspecified atom stereocenters. The number of hydrazone groups is 1. The SMILES string of the molecule is CN1CC(C(c2ccccc2Br)C2CCOCC2)C(CS(C)(=O)=O)=N1. The number of ether oxygens (including phenoxy) is 1. The summed E-state index contributed by atoms with van der Waals surface area (Å²) in [5, 5.41) is 6.43. The summed E-state index contributed by atoms with van der Waals surface area (Å²) in [6.07, 6.45) is 3.28. The molecule has 2 heterocycles. The molecule has 2 aliphatic heterocycles. The lowest BCUT2D eigenvalue weighted by atomic mass is 9.72. The molecule has 7 heteroatoms. The van der Waals surface area contributed by atoms with Gasteiger partial charge in [-0.1, -0.05) is 34.1 Å². The molecule has 0 aliphatic carbocycles. The maximum absolute atomic E-state index is 11.9. The molecular weight excluding hydrogens is 404 g/mol. The summed E-state index contributed by atoms with van der Waals surface area (Å²) in [5.74, 6) is 0.854. The largest absolute Gasteiger partial charge is 0.381 e. The highest BCUT2D eigenvalue weighted by atomic mass is 79.9. The quantitative estimate of drug-likeness (QED) is 0.722. The minimum absolute atomic E-state index is 0.0339. The molecule has 138 valence electrons. The van der Waals surface area contributed by atoms with E-state index in [4.69, 9.17) is 4.74 Å². The summed E-state index contributed by atoms with van der Waals surface area (Å²) in [6.45, 7) is 2.30. The lowest BCUT2D eigenvalue weighted by molar-refractivity contribution is 0.0530. The number of hydrogen-bond donors (Lipinski definition) is 0. The summed E-state index contributed by atoms with van der Waals surface area (Å²) >= 11 is 3.70. The van der Waals surface area contributed by atoms with E-state index in [-0.39, 0.29) is 17.6 Å². The van der Waals surface area contributed by atoms with Crippen LogP contribution in [0.3, 0.4) is 0 Å². The first-order valence-electron chi connectivity index (χ1n) is 8.63. The zero-order chi connectivity index (χ0) is 18.0. The van der Waals surface area contributed by atoms with Gasteiger partial charge in [0.05, 0.1) is 11.5 Å². The van der Waals surface area contributed by atoms with Crippen molar-refractivity contribution in [3.05, 3.63) is 34.3 Å². The molecule has 0 N–H and O–H groups in total. The summed E-state index contributed by atoms with van der Waals surface area (Å²) in [7, 11) is -1.19. The highest BCUT2D eigenvalue weighted by molar-refractivity contribution is 9.10. The second-order valence-corrected chi connectivity index (χ2v) is 10.1. The molecule has 0 amide bonds. The standard InChI is InChI=1S/C18H25BrN2O3S/c1-21-11-15(17(20-21)12-25(2,22)23)18(13-7-9-24-10-8-13)14-5-3-4-6-16(14)19/h3-6,13,15,18H,7-12H2,1-2H3. The van der Waals surface area contributed by atoms with Gasteiger partial charge < -0.3 is 4.74 Å². The molecule has 1 saturated heterocycles. The highest BCUT2D eigenvalue weighted by Gasteiger charge is 2.39. The molecule has 3 rings (SSSR count). The molecule has 1 aromatic carbocycles. The van der Waals surface area contributed by atoms with Crippen LogP contribution in [0.25, 0.3) is 0 Å². The van der Waals surface area contributed by atoms with Gasteiger partial charge in [-0.15, -0.1) is 0 Å². The normalized spacial score (nSPS) is 23.6. The molecule has 25 heavy (non-hydrogen) atoms. The molecule has 2 aliphatic rings. The van der Waals surface area contributed by atoms with E-state index >= 15 is 0 Å². The maximum Gasteiger partial charge on any atom is 0.152 e. The van der Waals surface area contributed by atoms with E-state index in [1.807, 2.05) is 18.1 Å². The van der Waals surface area contributed by atoms with Crippen molar-refractivity contribution in [2.75, 3.05) is 38.8 Å². The van der Waals surface area contributed by atoms with Crippen LogP contribution in [0, 0.1) is 11.8 Å². The van der Waals surface area contributed by atoms with Crippen LogP contribution in [0.4, 0.5) is 0 Å². The second-order valence-electron chi connectivity index (χ2n) is 7.11. The average Bonchev–Trinajstić information content (AvgIpc) is 2.89. The zero-order valence-electron chi connectivity index (χ0n) is 14.7. The van der Waals surface area contributed by atoms with E-state index < -0.39 is 9.84 Å². The Bertz CT molecular complexity index is 744. The molecular formula is C18H25BrN2O3S. The van der Waals surface area contributed by atoms with Crippen LogP contribution in [-0.4, -0.2) is 58.0 Å². The van der Waals surface area contributed by atoms with Gasteiger partial charge in [0, 0.05) is 43.5 Å². The molecule has 0 radical (unpaired) electrons. The van der Waals surface area contributed by atoms with Crippen molar-refractivity contribution in [3.8, 4) is 0 Å². The van der Waals surface area contributed by atoms with Crippen LogP contribution in [0.2, 0.25) is 0 Å². The van der Waals surface area contributed by atoms with E-state index in [1.165, 1.54) is 11.8 Å². The molecule has 0 bridgehead atoms. The lowest BCUT2D eigenvalue weighted by Gasteiger charge is -2.35. The van der Waals surface area contributed by atoms with Crippen molar-refractivity contribution < 1.29 is 13.2 Å². The second kappa shape index (κ2) is 7.76. The van der Waals surface area contributed by atoms with E-state index in [0.717, 1.165) is 42.8 Å². The van der Waals surface area contributed by atoms with Crippen LogP contribution in [0.5, 0.6) is 0 Å². The number of nitrogens with zero attached hydrogens (tertiary/aromatic N) is 2. The smallest absolute Gasteiger partial charge is 0.152 e. The summed E-state index contributed by atoms with van der Waals surface area (Å²) < 4.78 is 30.5. The van der Waals surface area contributed by atoms with Gasteiger partial charge in [0.25, 0.3) is 0 Å². The minimum atomic E-state index is -3.11. The van der Waals surface area contributed by atoms with Gasteiger partial charge in [0.1, 0.15) is 0 Å². The summed E-state index contributed by atoms with van der Waals surface area (Å²) in [5.41, 5.74) is 2.04. The first kappa shape index (κ1) is 18.9. The van der Waals surface area contributed by atoms with Gasteiger partial charge in [-0.05, 0) is 36.3 Å². The number of rotatable bonds is 5. The third kappa shape index (κ3) is 4.63. The Kier molecular flexibility index (Phi) is 5.85. The van der Waals surface area contributed by atoms with Crippen molar-refractivity contribution in [1.29, 1.82) is 0 Å². The first-order valence-corrected chi connectivity index (χ1v) is 11.5. The lowest BCUT2D eigenvalue weighted by Crippen LogP contribution is -2.35. The monoisotopic (exact) mass is 428 g/mol. The molecule has 0 spiro atoms. The Morgan fingerprint density at radius 2 is 2.00 bits per heavy atom. The van der Waals surface area contributed by atoms with Crippen molar-refractivity contribution in [2.24, 2.45) is 16.9 Å². The van der Waals surface area contributed by atoms with Crippen LogP contribution in [0.15, 0.2) is 33.8 Å². The molecule has 1 aromatic rings. The van der Waals surface area contributed by atoms with Gasteiger partial charge >= 0.3 is 0 Å². The fraction of sp³-hybridized carbons (Fsp3) is 0.611. The zero-order valence-corrected chi connectivity index (χ0v) is 17.1. The highest BCUT2D eigenvalue weighted by Crippen LogP contribution is 2.43. The molecule has 5 nitrogen and oxygen atoms in total. The first-order chi connectivity index (χ1) is 11.8. The predicted molar refractivity (Wildman–Crippen MR) is 104 cm³/mol. The summed E-state index contributed by atoms with van der Waals surface area (Å²) in [6, 6.07) is 8.29. The predicted octanol–water partition coefficient (Wildman–Crippen LogP) is 2.92. The fourth-order valence-electron chi connectivity index (χ4n) is 4.07.